The zero-order valence-electron chi connectivity index (χ0n) is 16.6. The highest BCUT2D eigenvalue weighted by atomic mass is 16.5. The average Bonchev–Trinajstić information content (AvgIpc) is 2.73. The van der Waals surface area contributed by atoms with Crippen LogP contribution in [0.2, 0.25) is 0 Å². The Hall–Kier alpha value is -3.45. The number of para-hydroxylation sites is 3. The molecule has 150 valence electrons. The molecule has 1 aromatic heterocycles. The third kappa shape index (κ3) is 6.29. The van der Waals surface area contributed by atoms with E-state index in [9.17, 15) is 4.79 Å². The SMILES string of the molecule is CN(C)CCCNC(=O)c1cc(Nc2ccccc2Oc2ccccc2)ncn1. The lowest BCUT2D eigenvalue weighted by Gasteiger charge is -2.13. The number of hydrogen-bond acceptors (Lipinski definition) is 6. The minimum atomic E-state index is -0.219. The molecule has 1 amide bonds. The molecule has 7 heteroatoms. The van der Waals surface area contributed by atoms with Crippen LogP contribution in [0.5, 0.6) is 11.5 Å². The van der Waals surface area contributed by atoms with Crippen molar-refractivity contribution in [1.82, 2.24) is 20.2 Å². The molecule has 1 heterocycles. The quantitative estimate of drug-likeness (QED) is 0.542. The van der Waals surface area contributed by atoms with Gasteiger partial charge in [0.15, 0.2) is 5.75 Å². The molecular weight excluding hydrogens is 366 g/mol. The van der Waals surface area contributed by atoms with E-state index in [2.05, 4.69) is 25.5 Å². The first-order valence-electron chi connectivity index (χ1n) is 9.46. The van der Waals surface area contributed by atoms with Crippen molar-refractivity contribution in [1.29, 1.82) is 0 Å². The summed E-state index contributed by atoms with van der Waals surface area (Å²) < 4.78 is 5.95. The first kappa shape index (κ1) is 20.3. The number of carbonyl (C=O) groups is 1. The predicted molar refractivity (Wildman–Crippen MR) is 114 cm³/mol. The molecule has 2 N–H and O–H groups in total. The Labute approximate surface area is 170 Å². The van der Waals surface area contributed by atoms with Crippen molar-refractivity contribution in [3.63, 3.8) is 0 Å². The second kappa shape index (κ2) is 10.2. The summed E-state index contributed by atoms with van der Waals surface area (Å²) in [6, 6.07) is 18.7. The number of carbonyl (C=O) groups excluding carboxylic acids is 1. The molecule has 0 saturated carbocycles. The van der Waals surface area contributed by atoms with Crippen LogP contribution in [0.3, 0.4) is 0 Å². The molecule has 0 radical (unpaired) electrons. The number of aromatic nitrogens is 2. The van der Waals surface area contributed by atoms with E-state index in [1.54, 1.807) is 6.07 Å². The molecule has 3 aromatic rings. The van der Waals surface area contributed by atoms with Crippen LogP contribution in [0.4, 0.5) is 11.5 Å². The van der Waals surface area contributed by atoms with Gasteiger partial charge in [0.2, 0.25) is 0 Å². The number of hydrogen-bond donors (Lipinski definition) is 2. The number of nitrogens with one attached hydrogen (secondary N) is 2. The van der Waals surface area contributed by atoms with Crippen molar-refractivity contribution < 1.29 is 9.53 Å². The molecule has 2 aromatic carbocycles. The fourth-order valence-corrected chi connectivity index (χ4v) is 2.65. The van der Waals surface area contributed by atoms with Crippen LogP contribution in [0.25, 0.3) is 0 Å². The van der Waals surface area contributed by atoms with Crippen molar-refractivity contribution in [2.75, 3.05) is 32.5 Å². The topological polar surface area (TPSA) is 79.4 Å². The summed E-state index contributed by atoms with van der Waals surface area (Å²) in [5.41, 5.74) is 1.06. The van der Waals surface area contributed by atoms with Gasteiger partial charge >= 0.3 is 0 Å². The number of rotatable bonds is 9. The fraction of sp³-hybridized carbons (Fsp3) is 0.227. The van der Waals surface area contributed by atoms with E-state index in [4.69, 9.17) is 4.74 Å². The second-order valence-corrected chi connectivity index (χ2v) is 6.74. The maximum Gasteiger partial charge on any atom is 0.270 e. The van der Waals surface area contributed by atoms with Crippen molar-refractivity contribution in [3.8, 4) is 11.5 Å². The van der Waals surface area contributed by atoms with E-state index >= 15 is 0 Å². The van der Waals surface area contributed by atoms with Gasteiger partial charge in [-0.15, -0.1) is 0 Å². The summed E-state index contributed by atoms with van der Waals surface area (Å²) >= 11 is 0. The smallest absolute Gasteiger partial charge is 0.270 e. The Balaban J connectivity index is 1.67. The highest BCUT2D eigenvalue weighted by Gasteiger charge is 2.10. The van der Waals surface area contributed by atoms with Gasteiger partial charge in [0.1, 0.15) is 23.6 Å². The Bertz CT molecular complexity index is 931. The fourth-order valence-electron chi connectivity index (χ4n) is 2.65. The monoisotopic (exact) mass is 391 g/mol. The van der Waals surface area contributed by atoms with Gasteiger partial charge in [-0.05, 0) is 51.3 Å². The van der Waals surface area contributed by atoms with Gasteiger partial charge < -0.3 is 20.3 Å². The van der Waals surface area contributed by atoms with Crippen molar-refractivity contribution in [3.05, 3.63) is 72.7 Å². The molecule has 0 unspecified atom stereocenters. The van der Waals surface area contributed by atoms with Crippen LogP contribution in [0.15, 0.2) is 67.0 Å². The van der Waals surface area contributed by atoms with Crippen LogP contribution in [0.1, 0.15) is 16.9 Å². The molecule has 0 spiro atoms. The maximum absolute atomic E-state index is 12.3. The normalized spacial score (nSPS) is 10.6. The molecule has 0 fully saturated rings. The van der Waals surface area contributed by atoms with Crippen molar-refractivity contribution in [2.24, 2.45) is 0 Å². The van der Waals surface area contributed by atoms with E-state index in [0.717, 1.165) is 24.4 Å². The van der Waals surface area contributed by atoms with Gasteiger partial charge in [0, 0.05) is 12.6 Å². The first-order valence-corrected chi connectivity index (χ1v) is 9.46. The van der Waals surface area contributed by atoms with E-state index in [0.29, 0.717) is 23.8 Å². The molecule has 0 bridgehead atoms. The molecule has 3 rings (SSSR count). The molecule has 0 saturated heterocycles. The zero-order chi connectivity index (χ0) is 20.5. The largest absolute Gasteiger partial charge is 0.455 e. The highest BCUT2D eigenvalue weighted by Crippen LogP contribution is 2.30. The minimum Gasteiger partial charge on any atom is -0.455 e. The van der Waals surface area contributed by atoms with Gasteiger partial charge in [0.05, 0.1) is 5.69 Å². The van der Waals surface area contributed by atoms with E-state index in [1.807, 2.05) is 68.7 Å². The lowest BCUT2D eigenvalue weighted by Crippen LogP contribution is -2.27. The summed E-state index contributed by atoms with van der Waals surface area (Å²) in [5, 5.41) is 6.09. The van der Waals surface area contributed by atoms with Gasteiger partial charge in [-0.25, -0.2) is 9.97 Å². The third-order valence-corrected chi connectivity index (χ3v) is 4.09. The number of ether oxygens (including phenoxy) is 1. The summed E-state index contributed by atoms with van der Waals surface area (Å²) in [7, 11) is 4.01. The van der Waals surface area contributed by atoms with E-state index in [-0.39, 0.29) is 5.91 Å². The van der Waals surface area contributed by atoms with Gasteiger partial charge in [-0.1, -0.05) is 30.3 Å². The van der Waals surface area contributed by atoms with Gasteiger partial charge in [0.25, 0.3) is 5.91 Å². The predicted octanol–water partition coefficient (Wildman–Crippen LogP) is 3.69. The molecule has 29 heavy (non-hydrogen) atoms. The van der Waals surface area contributed by atoms with E-state index < -0.39 is 0 Å². The lowest BCUT2D eigenvalue weighted by atomic mass is 10.2. The Morgan fingerprint density at radius 3 is 2.59 bits per heavy atom. The Morgan fingerprint density at radius 1 is 1.03 bits per heavy atom. The number of benzene rings is 2. The molecule has 0 atom stereocenters. The Kier molecular flexibility index (Phi) is 7.13. The van der Waals surface area contributed by atoms with Crippen molar-refractivity contribution >= 4 is 17.4 Å². The summed E-state index contributed by atoms with van der Waals surface area (Å²) in [6.07, 6.45) is 2.25. The molecule has 0 aliphatic heterocycles. The average molecular weight is 391 g/mol. The van der Waals surface area contributed by atoms with Crippen LogP contribution >= 0.6 is 0 Å². The zero-order valence-corrected chi connectivity index (χ0v) is 16.6. The number of anilines is 2. The summed E-state index contributed by atoms with van der Waals surface area (Å²) in [6.45, 7) is 1.51. The molecule has 7 nitrogen and oxygen atoms in total. The molecule has 0 aliphatic rings. The van der Waals surface area contributed by atoms with Gasteiger partial charge in [-0.3, -0.25) is 4.79 Å². The number of amides is 1. The first-order chi connectivity index (χ1) is 14.1. The standard InChI is InChI=1S/C22H25N5O2/c1-27(2)14-8-13-23-22(28)19-15-21(25-16-24-19)26-18-11-6-7-12-20(18)29-17-9-4-3-5-10-17/h3-7,9-12,15-16H,8,13-14H2,1-2H3,(H,23,28)(H,24,25,26). The lowest BCUT2D eigenvalue weighted by molar-refractivity contribution is 0.0947. The van der Waals surface area contributed by atoms with Crippen LogP contribution < -0.4 is 15.4 Å². The summed E-state index contributed by atoms with van der Waals surface area (Å²) in [5.74, 6) is 1.69. The van der Waals surface area contributed by atoms with Crippen LogP contribution in [-0.2, 0) is 0 Å². The highest BCUT2D eigenvalue weighted by molar-refractivity contribution is 5.93. The van der Waals surface area contributed by atoms with Crippen LogP contribution in [0, 0.1) is 0 Å². The number of nitrogens with zero attached hydrogens (tertiary/aromatic N) is 3. The summed E-state index contributed by atoms with van der Waals surface area (Å²) in [4.78, 5) is 22.7. The Morgan fingerprint density at radius 2 is 1.79 bits per heavy atom. The van der Waals surface area contributed by atoms with Gasteiger partial charge in [-0.2, -0.15) is 0 Å². The third-order valence-electron chi connectivity index (χ3n) is 4.09. The van der Waals surface area contributed by atoms with Crippen LogP contribution in [-0.4, -0.2) is 48.0 Å². The molecule has 0 aliphatic carbocycles. The second-order valence-electron chi connectivity index (χ2n) is 6.74. The van der Waals surface area contributed by atoms with Crippen molar-refractivity contribution in [2.45, 2.75) is 6.42 Å². The minimum absolute atomic E-state index is 0.219. The van der Waals surface area contributed by atoms with E-state index in [1.165, 1.54) is 6.33 Å². The maximum atomic E-state index is 12.3. The molecular formula is C22H25N5O2.